The molecule has 1 aromatic carbocycles. The van der Waals surface area contributed by atoms with Gasteiger partial charge in [0, 0.05) is 11.6 Å². The molecule has 92 valence electrons. The number of hydrogen-bond donors (Lipinski definition) is 1. The number of anilines is 1. The Morgan fingerprint density at radius 1 is 1.39 bits per heavy atom. The Morgan fingerprint density at radius 2 is 2.06 bits per heavy atom. The van der Waals surface area contributed by atoms with Crippen LogP contribution in [-0.4, -0.2) is 18.5 Å². The van der Waals surface area contributed by atoms with E-state index in [9.17, 15) is 9.59 Å². The lowest BCUT2D eigenvalue weighted by Crippen LogP contribution is -2.13. The largest absolute Gasteiger partial charge is 0.454 e. The van der Waals surface area contributed by atoms with Gasteiger partial charge in [-0.05, 0) is 13.0 Å². The molecule has 0 atom stereocenters. The number of benzene rings is 1. The van der Waals surface area contributed by atoms with Crippen LogP contribution in [0.2, 0.25) is 0 Å². The van der Waals surface area contributed by atoms with Crippen molar-refractivity contribution in [2.45, 2.75) is 13.3 Å². The summed E-state index contributed by atoms with van der Waals surface area (Å²) in [6.07, 6.45) is -0.272. The number of hydrogen-bond acceptors (Lipinski definition) is 5. The minimum atomic E-state index is -0.473. The first-order chi connectivity index (χ1) is 8.61. The Balaban J connectivity index is 2.36. The Morgan fingerprint density at radius 3 is 2.67 bits per heavy atom. The van der Waals surface area contributed by atoms with Crippen LogP contribution < -0.4 is 14.8 Å². The van der Waals surface area contributed by atoms with Gasteiger partial charge in [-0.1, -0.05) is 0 Å². The van der Waals surface area contributed by atoms with Gasteiger partial charge in [-0.3, -0.25) is 9.59 Å². The quantitative estimate of drug-likeness (QED) is 0.816. The van der Waals surface area contributed by atoms with E-state index in [0.29, 0.717) is 22.7 Å². The topological polar surface area (TPSA) is 88.4 Å². The van der Waals surface area contributed by atoms with Crippen molar-refractivity contribution in [2.24, 2.45) is 0 Å². The van der Waals surface area contributed by atoms with E-state index in [2.05, 4.69) is 5.32 Å². The number of amides is 1. The van der Waals surface area contributed by atoms with Gasteiger partial charge < -0.3 is 14.8 Å². The molecule has 1 aliphatic rings. The molecule has 0 saturated heterocycles. The van der Waals surface area contributed by atoms with Crippen molar-refractivity contribution in [3.63, 3.8) is 0 Å². The number of carbonyl (C=O) groups is 2. The highest BCUT2D eigenvalue weighted by Gasteiger charge is 2.20. The van der Waals surface area contributed by atoms with Crippen LogP contribution in [0, 0.1) is 11.3 Å². The number of fused-ring (bicyclic) bond motifs is 1. The summed E-state index contributed by atoms with van der Waals surface area (Å²) in [7, 11) is 0. The summed E-state index contributed by atoms with van der Waals surface area (Å²) in [6, 6.07) is 4.78. The maximum absolute atomic E-state index is 11.5. The van der Waals surface area contributed by atoms with Crippen molar-refractivity contribution in [1.29, 1.82) is 5.26 Å². The fraction of sp³-hybridized carbons (Fsp3) is 0.250. The predicted molar refractivity (Wildman–Crippen MR) is 61.4 cm³/mol. The van der Waals surface area contributed by atoms with Gasteiger partial charge >= 0.3 is 0 Å². The normalized spacial score (nSPS) is 11.8. The summed E-state index contributed by atoms with van der Waals surface area (Å²) in [5, 5.41) is 10.9. The van der Waals surface area contributed by atoms with Crippen molar-refractivity contribution in [2.75, 3.05) is 12.1 Å². The van der Waals surface area contributed by atoms with Crippen LogP contribution in [0.3, 0.4) is 0 Å². The maximum Gasteiger partial charge on any atom is 0.238 e. The average molecular weight is 246 g/mol. The van der Waals surface area contributed by atoms with Gasteiger partial charge in [-0.25, -0.2) is 0 Å². The number of Topliss-reactive ketones (excluding diaryl/α,β-unsaturated/α-hetero) is 1. The lowest BCUT2D eigenvalue weighted by atomic mass is 10.1. The molecule has 6 nitrogen and oxygen atoms in total. The highest BCUT2D eigenvalue weighted by atomic mass is 16.7. The zero-order valence-electron chi connectivity index (χ0n) is 9.65. The van der Waals surface area contributed by atoms with Crippen molar-refractivity contribution in [1.82, 2.24) is 0 Å². The van der Waals surface area contributed by atoms with Crippen molar-refractivity contribution in [3.05, 3.63) is 17.7 Å². The molecule has 0 aromatic heterocycles. The van der Waals surface area contributed by atoms with Crippen LogP contribution in [0.15, 0.2) is 12.1 Å². The monoisotopic (exact) mass is 246 g/mol. The van der Waals surface area contributed by atoms with E-state index in [0.717, 1.165) is 0 Å². The van der Waals surface area contributed by atoms with Gasteiger partial charge in [0.1, 0.15) is 6.42 Å². The van der Waals surface area contributed by atoms with E-state index < -0.39 is 5.91 Å². The minimum Gasteiger partial charge on any atom is -0.454 e. The number of ketones is 1. The molecule has 0 fully saturated rings. The van der Waals surface area contributed by atoms with Crippen molar-refractivity contribution < 1.29 is 19.1 Å². The van der Waals surface area contributed by atoms with E-state index in [1.807, 2.05) is 0 Å². The smallest absolute Gasteiger partial charge is 0.238 e. The standard InChI is InChI=1S/C12H10N2O4/c1-7(15)8-4-10-11(18-6-17-10)5-9(8)14-12(16)2-3-13/h4-5H,2,6H2,1H3,(H,14,16). The van der Waals surface area contributed by atoms with Crippen molar-refractivity contribution >= 4 is 17.4 Å². The second-order valence-electron chi connectivity index (χ2n) is 3.69. The number of ether oxygens (including phenoxy) is 2. The number of nitriles is 1. The molecule has 1 heterocycles. The summed E-state index contributed by atoms with van der Waals surface area (Å²) < 4.78 is 10.3. The number of carbonyl (C=O) groups excluding carboxylic acids is 2. The van der Waals surface area contributed by atoms with Crippen LogP contribution in [0.1, 0.15) is 23.7 Å². The third kappa shape index (κ3) is 2.25. The molecule has 0 saturated carbocycles. The van der Waals surface area contributed by atoms with Crippen molar-refractivity contribution in [3.8, 4) is 17.6 Å². The third-order valence-electron chi connectivity index (χ3n) is 2.41. The van der Waals surface area contributed by atoms with Crippen LogP contribution in [0.5, 0.6) is 11.5 Å². The molecule has 6 heteroatoms. The number of nitrogens with one attached hydrogen (secondary N) is 1. The van der Waals surface area contributed by atoms with Crippen LogP contribution in [0.25, 0.3) is 0 Å². The summed E-state index contributed by atoms with van der Waals surface area (Å²) in [6.45, 7) is 1.47. The molecule has 1 N–H and O–H groups in total. The van der Waals surface area contributed by atoms with E-state index in [4.69, 9.17) is 14.7 Å². The van der Waals surface area contributed by atoms with E-state index in [1.165, 1.54) is 19.1 Å². The van der Waals surface area contributed by atoms with E-state index in [1.54, 1.807) is 6.07 Å². The molecule has 0 unspecified atom stereocenters. The first kappa shape index (κ1) is 11.9. The third-order valence-corrected chi connectivity index (χ3v) is 2.41. The fourth-order valence-corrected chi connectivity index (χ4v) is 1.60. The first-order valence-corrected chi connectivity index (χ1v) is 5.23. The molecular weight excluding hydrogens is 236 g/mol. The molecule has 0 bridgehead atoms. The van der Waals surface area contributed by atoms with Gasteiger partial charge in [0.25, 0.3) is 0 Å². The first-order valence-electron chi connectivity index (χ1n) is 5.23. The van der Waals surface area contributed by atoms with Crippen LogP contribution in [0.4, 0.5) is 5.69 Å². The summed E-state index contributed by atoms with van der Waals surface area (Å²) in [5.74, 6) is 0.255. The second kappa shape index (κ2) is 4.75. The summed E-state index contributed by atoms with van der Waals surface area (Å²) in [5.41, 5.74) is 0.650. The molecule has 0 aliphatic carbocycles. The summed E-state index contributed by atoms with van der Waals surface area (Å²) in [4.78, 5) is 22.9. The van der Waals surface area contributed by atoms with E-state index >= 15 is 0 Å². The van der Waals surface area contributed by atoms with Gasteiger partial charge in [0.15, 0.2) is 17.3 Å². The van der Waals surface area contributed by atoms with Crippen LogP contribution in [-0.2, 0) is 4.79 Å². The minimum absolute atomic E-state index is 0.0856. The Hall–Kier alpha value is -2.55. The second-order valence-corrected chi connectivity index (χ2v) is 3.69. The Kier molecular flexibility index (Phi) is 3.15. The predicted octanol–water partition coefficient (Wildman–Crippen LogP) is 1.47. The summed E-state index contributed by atoms with van der Waals surface area (Å²) >= 11 is 0. The highest BCUT2D eigenvalue weighted by Crippen LogP contribution is 2.37. The zero-order chi connectivity index (χ0) is 13.1. The molecule has 1 aromatic rings. The zero-order valence-corrected chi connectivity index (χ0v) is 9.65. The average Bonchev–Trinajstić information content (AvgIpc) is 2.74. The fourth-order valence-electron chi connectivity index (χ4n) is 1.60. The molecular formula is C12H10N2O4. The van der Waals surface area contributed by atoms with Gasteiger partial charge in [0.2, 0.25) is 12.7 Å². The lowest BCUT2D eigenvalue weighted by Gasteiger charge is -2.09. The lowest BCUT2D eigenvalue weighted by molar-refractivity contribution is -0.115. The Bertz CT molecular complexity index is 560. The molecule has 18 heavy (non-hydrogen) atoms. The van der Waals surface area contributed by atoms with Gasteiger partial charge in [-0.2, -0.15) is 5.26 Å². The van der Waals surface area contributed by atoms with Gasteiger partial charge in [-0.15, -0.1) is 0 Å². The molecule has 1 amide bonds. The highest BCUT2D eigenvalue weighted by molar-refractivity contribution is 6.04. The molecule has 0 spiro atoms. The SMILES string of the molecule is CC(=O)c1cc2c(cc1NC(=O)CC#N)OCO2. The Labute approximate surface area is 103 Å². The molecule has 1 aliphatic heterocycles. The van der Waals surface area contributed by atoms with Crippen LogP contribution >= 0.6 is 0 Å². The molecule has 2 rings (SSSR count). The van der Waals surface area contributed by atoms with Gasteiger partial charge in [0.05, 0.1) is 11.8 Å². The maximum atomic E-state index is 11.5. The molecule has 0 radical (unpaired) electrons. The number of nitrogens with zero attached hydrogens (tertiary/aromatic N) is 1. The number of rotatable bonds is 3. The van der Waals surface area contributed by atoms with E-state index in [-0.39, 0.29) is 19.0 Å².